The third-order valence-electron chi connectivity index (χ3n) is 1.95. The van der Waals surface area contributed by atoms with Crippen LogP contribution >= 0.6 is 34.2 Å². The van der Waals surface area contributed by atoms with Crippen molar-refractivity contribution in [2.75, 3.05) is 0 Å². The number of halogens is 2. The van der Waals surface area contributed by atoms with Crippen molar-refractivity contribution in [3.63, 3.8) is 0 Å². The topological polar surface area (TPSA) is 33.1 Å². The highest BCUT2D eigenvalue weighted by molar-refractivity contribution is 14.1. The van der Waals surface area contributed by atoms with Crippen molar-refractivity contribution in [1.82, 2.24) is 4.98 Å². The molecule has 0 aromatic carbocycles. The van der Waals surface area contributed by atoms with E-state index < -0.39 is 6.10 Å². The first-order valence-electron chi connectivity index (χ1n) is 4.59. The quantitative estimate of drug-likeness (QED) is 0.520. The molecule has 1 N–H and O–H groups in total. The second-order valence-electron chi connectivity index (χ2n) is 3.61. The number of aliphatic hydroxyl groups excluding tert-OH is 1. The van der Waals surface area contributed by atoms with Crippen molar-refractivity contribution in [2.45, 2.75) is 26.4 Å². The molecule has 1 rings (SSSR count). The van der Waals surface area contributed by atoms with E-state index in [1.165, 1.54) is 0 Å². The Morgan fingerprint density at radius 2 is 2.33 bits per heavy atom. The molecule has 0 amide bonds. The standard InChI is InChI=1S/C11H13ClINO/c1-6(2)4-8-9(13)5-10(7(3)15)14-11(8)12/h5,7,15H,1,4H2,2-3H3. The van der Waals surface area contributed by atoms with Gasteiger partial charge in [0.1, 0.15) is 5.15 Å². The predicted octanol–water partition coefficient (Wildman–Crippen LogP) is 3.51. The van der Waals surface area contributed by atoms with E-state index in [4.69, 9.17) is 11.6 Å². The molecule has 0 saturated heterocycles. The summed E-state index contributed by atoms with van der Waals surface area (Å²) in [7, 11) is 0. The summed E-state index contributed by atoms with van der Waals surface area (Å²) in [6.07, 6.45) is 0.138. The zero-order valence-electron chi connectivity index (χ0n) is 8.72. The van der Waals surface area contributed by atoms with Crippen LogP contribution in [0.25, 0.3) is 0 Å². The second kappa shape index (κ2) is 5.27. The van der Waals surface area contributed by atoms with E-state index in [9.17, 15) is 5.11 Å². The van der Waals surface area contributed by atoms with Gasteiger partial charge in [-0.1, -0.05) is 23.8 Å². The molecule has 0 aliphatic carbocycles. The lowest BCUT2D eigenvalue weighted by Crippen LogP contribution is -2.01. The van der Waals surface area contributed by atoms with Gasteiger partial charge in [0.2, 0.25) is 0 Å². The predicted molar refractivity (Wildman–Crippen MR) is 71.1 cm³/mol. The molecule has 1 aromatic rings. The second-order valence-corrected chi connectivity index (χ2v) is 5.13. The van der Waals surface area contributed by atoms with Gasteiger partial charge in [-0.05, 0) is 48.9 Å². The van der Waals surface area contributed by atoms with Gasteiger partial charge in [-0.25, -0.2) is 4.98 Å². The minimum Gasteiger partial charge on any atom is -0.387 e. The van der Waals surface area contributed by atoms with Gasteiger partial charge in [0.05, 0.1) is 11.8 Å². The van der Waals surface area contributed by atoms with E-state index in [1.54, 1.807) is 6.92 Å². The first kappa shape index (κ1) is 12.9. The fourth-order valence-corrected chi connectivity index (χ4v) is 2.39. The van der Waals surface area contributed by atoms with Crippen molar-refractivity contribution in [3.05, 3.63) is 38.2 Å². The van der Waals surface area contributed by atoms with Gasteiger partial charge in [-0.3, -0.25) is 0 Å². The summed E-state index contributed by atoms with van der Waals surface area (Å²) >= 11 is 8.26. The molecule has 1 heterocycles. The van der Waals surface area contributed by atoms with E-state index >= 15 is 0 Å². The largest absolute Gasteiger partial charge is 0.387 e. The van der Waals surface area contributed by atoms with E-state index in [-0.39, 0.29) is 0 Å². The third kappa shape index (κ3) is 3.43. The molecule has 1 unspecified atom stereocenters. The number of allylic oxidation sites excluding steroid dienone is 1. The van der Waals surface area contributed by atoms with Crippen molar-refractivity contribution < 1.29 is 5.11 Å². The van der Waals surface area contributed by atoms with Crippen LogP contribution in [0, 0.1) is 3.57 Å². The SMILES string of the molecule is C=C(C)Cc1c(I)cc(C(C)O)nc1Cl. The highest BCUT2D eigenvalue weighted by Gasteiger charge is 2.12. The van der Waals surface area contributed by atoms with E-state index in [0.29, 0.717) is 10.8 Å². The van der Waals surface area contributed by atoms with E-state index in [0.717, 1.165) is 21.1 Å². The normalized spacial score (nSPS) is 12.6. The van der Waals surface area contributed by atoms with Crippen molar-refractivity contribution in [2.24, 2.45) is 0 Å². The molecule has 0 spiro atoms. The van der Waals surface area contributed by atoms with E-state index in [2.05, 4.69) is 34.2 Å². The highest BCUT2D eigenvalue weighted by atomic mass is 127. The highest BCUT2D eigenvalue weighted by Crippen LogP contribution is 2.25. The summed E-state index contributed by atoms with van der Waals surface area (Å²) in [4.78, 5) is 4.16. The molecular weight excluding hydrogens is 324 g/mol. The fourth-order valence-electron chi connectivity index (χ4n) is 1.20. The Balaban J connectivity index is 3.15. The lowest BCUT2D eigenvalue weighted by Gasteiger charge is -2.10. The molecule has 0 aliphatic heterocycles. The third-order valence-corrected chi connectivity index (χ3v) is 3.22. The molecule has 1 aromatic heterocycles. The number of rotatable bonds is 3. The van der Waals surface area contributed by atoms with Gasteiger partial charge < -0.3 is 5.11 Å². The molecule has 0 bridgehead atoms. The molecular formula is C11H13ClINO. The molecule has 82 valence electrons. The Hall–Kier alpha value is -0.130. The number of aromatic nitrogens is 1. The Morgan fingerprint density at radius 1 is 1.73 bits per heavy atom. The van der Waals surface area contributed by atoms with Crippen LogP contribution in [0.2, 0.25) is 5.15 Å². The summed E-state index contributed by atoms with van der Waals surface area (Å²) < 4.78 is 1.02. The number of pyridine rings is 1. The van der Waals surface area contributed by atoms with Gasteiger partial charge in [0.15, 0.2) is 0 Å². The smallest absolute Gasteiger partial charge is 0.134 e. The summed E-state index contributed by atoms with van der Waals surface area (Å²) in [5, 5.41) is 9.86. The van der Waals surface area contributed by atoms with Crippen molar-refractivity contribution in [3.8, 4) is 0 Å². The Labute approximate surface area is 109 Å². The van der Waals surface area contributed by atoms with Gasteiger partial charge in [0, 0.05) is 9.13 Å². The van der Waals surface area contributed by atoms with Crippen LogP contribution in [0.5, 0.6) is 0 Å². The van der Waals surface area contributed by atoms with Crippen LogP contribution in [0.4, 0.5) is 0 Å². The Bertz CT molecular complexity index is 367. The lowest BCUT2D eigenvalue weighted by molar-refractivity contribution is 0.194. The maximum Gasteiger partial charge on any atom is 0.134 e. The van der Waals surface area contributed by atoms with Crippen LogP contribution < -0.4 is 0 Å². The maximum atomic E-state index is 9.40. The van der Waals surface area contributed by atoms with Crippen LogP contribution in [-0.4, -0.2) is 10.1 Å². The van der Waals surface area contributed by atoms with Crippen LogP contribution in [-0.2, 0) is 6.42 Å². The number of nitrogens with zero attached hydrogens (tertiary/aromatic N) is 1. The molecule has 0 saturated carbocycles. The Kier molecular flexibility index (Phi) is 4.55. The summed E-state index contributed by atoms with van der Waals surface area (Å²) in [5.41, 5.74) is 2.63. The molecule has 2 nitrogen and oxygen atoms in total. The molecule has 0 aliphatic rings. The monoisotopic (exact) mass is 337 g/mol. The number of aliphatic hydroxyl groups is 1. The van der Waals surface area contributed by atoms with E-state index in [1.807, 2.05) is 13.0 Å². The van der Waals surface area contributed by atoms with Crippen LogP contribution in [0.1, 0.15) is 31.2 Å². The zero-order chi connectivity index (χ0) is 11.6. The Morgan fingerprint density at radius 3 is 2.73 bits per heavy atom. The van der Waals surface area contributed by atoms with Crippen molar-refractivity contribution >= 4 is 34.2 Å². The van der Waals surface area contributed by atoms with Gasteiger partial charge in [-0.2, -0.15) is 0 Å². The van der Waals surface area contributed by atoms with Crippen LogP contribution in [0.3, 0.4) is 0 Å². The van der Waals surface area contributed by atoms with Gasteiger partial charge in [0.25, 0.3) is 0 Å². The molecule has 4 heteroatoms. The first-order valence-corrected chi connectivity index (χ1v) is 6.04. The number of hydrogen-bond acceptors (Lipinski definition) is 2. The molecule has 1 atom stereocenters. The van der Waals surface area contributed by atoms with Crippen LogP contribution in [0.15, 0.2) is 18.2 Å². The molecule has 15 heavy (non-hydrogen) atoms. The average Bonchev–Trinajstić information content (AvgIpc) is 2.10. The summed E-state index contributed by atoms with van der Waals surface area (Å²) in [6.45, 7) is 7.48. The average molecular weight is 338 g/mol. The number of hydrogen-bond donors (Lipinski definition) is 1. The van der Waals surface area contributed by atoms with Crippen molar-refractivity contribution in [1.29, 1.82) is 0 Å². The minimum atomic E-state index is -0.588. The summed E-state index contributed by atoms with van der Waals surface area (Å²) in [6, 6.07) is 1.86. The minimum absolute atomic E-state index is 0.459. The van der Waals surface area contributed by atoms with Gasteiger partial charge >= 0.3 is 0 Å². The lowest BCUT2D eigenvalue weighted by atomic mass is 10.1. The summed E-state index contributed by atoms with van der Waals surface area (Å²) in [5.74, 6) is 0. The fraction of sp³-hybridized carbons (Fsp3) is 0.364. The first-order chi connectivity index (χ1) is 6.91. The molecule has 0 fully saturated rings. The molecule has 0 radical (unpaired) electrons. The maximum absolute atomic E-state index is 9.40. The van der Waals surface area contributed by atoms with Gasteiger partial charge in [-0.15, -0.1) is 0 Å². The zero-order valence-corrected chi connectivity index (χ0v) is 11.6.